The number of aldehydes is 1. The molecule has 0 aromatic heterocycles. The van der Waals surface area contributed by atoms with Crippen molar-refractivity contribution in [3.05, 3.63) is 28.8 Å². The standard InChI is InChI=1S/C28H37ClN4O7/c1-14(2)24(37)31-19-8-6-7-18(21(19)29)25(38)32-23(28(3,4)5)27(40)33-17-10-9-15(11-17)22(33)26(39)30-16(13-34)12-20(35)36/h6-8,13-17,22-23H,9-12H2,1-5H3,(H,30,39)(H,31,37)(H,32,38)(H,35,36)/t15-,16?,17+,22-,23+/m0/s1. The highest BCUT2D eigenvalue weighted by atomic mass is 35.5. The average molecular weight is 577 g/mol. The molecular formula is C28H37ClN4O7. The molecule has 5 atom stereocenters. The van der Waals surface area contributed by atoms with E-state index in [0.29, 0.717) is 25.5 Å². The van der Waals surface area contributed by atoms with Gasteiger partial charge in [0, 0.05) is 12.0 Å². The van der Waals surface area contributed by atoms with Gasteiger partial charge in [-0.2, -0.15) is 0 Å². The minimum atomic E-state index is -1.24. The second-order valence-electron chi connectivity index (χ2n) is 11.8. The molecule has 1 aliphatic carbocycles. The first kappa shape index (κ1) is 31.1. The first-order chi connectivity index (χ1) is 18.6. The minimum Gasteiger partial charge on any atom is -0.481 e. The van der Waals surface area contributed by atoms with Gasteiger partial charge in [-0.15, -0.1) is 0 Å². The van der Waals surface area contributed by atoms with Crippen LogP contribution in [0.3, 0.4) is 0 Å². The van der Waals surface area contributed by atoms with Crippen molar-refractivity contribution in [1.82, 2.24) is 15.5 Å². The summed E-state index contributed by atoms with van der Waals surface area (Å²) in [5, 5.41) is 17.0. The van der Waals surface area contributed by atoms with E-state index in [1.54, 1.807) is 46.8 Å². The molecule has 1 saturated carbocycles. The molecule has 2 bridgehead atoms. The number of halogens is 1. The first-order valence-corrected chi connectivity index (χ1v) is 13.7. The molecule has 11 nitrogen and oxygen atoms in total. The van der Waals surface area contributed by atoms with Gasteiger partial charge in [0.25, 0.3) is 5.91 Å². The molecule has 218 valence electrons. The van der Waals surface area contributed by atoms with Crippen molar-refractivity contribution in [3.63, 3.8) is 0 Å². The fourth-order valence-corrected chi connectivity index (χ4v) is 5.58. The summed E-state index contributed by atoms with van der Waals surface area (Å²) in [4.78, 5) is 76.8. The van der Waals surface area contributed by atoms with Gasteiger partial charge in [-0.3, -0.25) is 24.0 Å². The highest BCUT2D eigenvalue weighted by Crippen LogP contribution is 2.43. The van der Waals surface area contributed by atoms with E-state index in [4.69, 9.17) is 16.7 Å². The van der Waals surface area contributed by atoms with Crippen LogP contribution in [-0.4, -0.2) is 70.1 Å². The molecule has 1 aliphatic heterocycles. The number of nitrogens with zero attached hydrogens (tertiary/aromatic N) is 1. The lowest BCUT2D eigenvalue weighted by atomic mass is 9.84. The van der Waals surface area contributed by atoms with Crippen LogP contribution in [0, 0.1) is 17.3 Å². The van der Waals surface area contributed by atoms with E-state index in [1.165, 1.54) is 11.0 Å². The Kier molecular flexibility index (Phi) is 9.60. The summed E-state index contributed by atoms with van der Waals surface area (Å²) in [7, 11) is 0. The van der Waals surface area contributed by atoms with Crippen LogP contribution < -0.4 is 16.0 Å². The summed E-state index contributed by atoms with van der Waals surface area (Å²) in [6.07, 6.45) is 1.81. The lowest BCUT2D eigenvalue weighted by Crippen LogP contribution is -2.61. The molecule has 1 aromatic rings. The Bertz CT molecular complexity index is 1200. The van der Waals surface area contributed by atoms with Crippen molar-refractivity contribution >= 4 is 53.2 Å². The smallest absolute Gasteiger partial charge is 0.305 e. The average Bonchev–Trinajstić information content (AvgIpc) is 3.48. The molecule has 40 heavy (non-hydrogen) atoms. The molecule has 0 radical (unpaired) electrons. The highest BCUT2D eigenvalue weighted by molar-refractivity contribution is 6.37. The number of carbonyl (C=O) groups is 6. The molecule has 2 aliphatic rings. The molecule has 1 unspecified atom stereocenters. The van der Waals surface area contributed by atoms with Crippen LogP contribution in [-0.2, 0) is 24.0 Å². The fraction of sp³-hybridized carbons (Fsp3) is 0.571. The number of anilines is 1. The van der Waals surface area contributed by atoms with Crippen LogP contribution in [0.4, 0.5) is 5.69 Å². The quantitative estimate of drug-likeness (QED) is 0.311. The van der Waals surface area contributed by atoms with E-state index in [-0.39, 0.29) is 40.1 Å². The van der Waals surface area contributed by atoms with Crippen molar-refractivity contribution in [2.24, 2.45) is 17.3 Å². The van der Waals surface area contributed by atoms with Crippen molar-refractivity contribution in [2.75, 3.05) is 5.32 Å². The van der Waals surface area contributed by atoms with Gasteiger partial charge >= 0.3 is 5.97 Å². The summed E-state index contributed by atoms with van der Waals surface area (Å²) >= 11 is 6.48. The Labute approximate surface area is 238 Å². The van der Waals surface area contributed by atoms with E-state index in [2.05, 4.69) is 16.0 Å². The first-order valence-electron chi connectivity index (χ1n) is 13.4. The van der Waals surface area contributed by atoms with Crippen LogP contribution in [0.25, 0.3) is 0 Å². The summed E-state index contributed by atoms with van der Waals surface area (Å²) < 4.78 is 0. The fourth-order valence-electron chi connectivity index (χ4n) is 5.32. The number of piperidine rings is 1. The van der Waals surface area contributed by atoms with Gasteiger partial charge in [0.1, 0.15) is 18.4 Å². The lowest BCUT2D eigenvalue weighted by molar-refractivity contribution is -0.147. The van der Waals surface area contributed by atoms with E-state index >= 15 is 0 Å². The molecule has 4 amide bonds. The van der Waals surface area contributed by atoms with E-state index in [1.807, 2.05) is 0 Å². The van der Waals surface area contributed by atoms with E-state index in [0.717, 1.165) is 0 Å². The van der Waals surface area contributed by atoms with Crippen LogP contribution in [0.2, 0.25) is 5.02 Å². The largest absolute Gasteiger partial charge is 0.481 e. The molecule has 1 heterocycles. The lowest BCUT2D eigenvalue weighted by Gasteiger charge is -2.40. The predicted octanol–water partition coefficient (Wildman–Crippen LogP) is 2.62. The van der Waals surface area contributed by atoms with Crippen molar-refractivity contribution in [2.45, 2.75) is 84.5 Å². The number of rotatable bonds is 10. The maximum absolute atomic E-state index is 14.0. The van der Waals surface area contributed by atoms with Crippen molar-refractivity contribution < 1.29 is 33.9 Å². The zero-order valence-corrected chi connectivity index (χ0v) is 24.1. The van der Waals surface area contributed by atoms with Gasteiger partial charge in [0.15, 0.2) is 0 Å². The Balaban J connectivity index is 1.86. The summed E-state index contributed by atoms with van der Waals surface area (Å²) in [6.45, 7) is 8.81. The molecule has 1 aromatic carbocycles. The summed E-state index contributed by atoms with van der Waals surface area (Å²) in [6, 6.07) is 1.27. The van der Waals surface area contributed by atoms with Gasteiger partial charge in [-0.25, -0.2) is 0 Å². The number of amides is 4. The van der Waals surface area contributed by atoms with Crippen LogP contribution >= 0.6 is 11.6 Å². The number of nitrogens with one attached hydrogen (secondary N) is 3. The number of fused-ring (bicyclic) bond motifs is 2. The number of carboxylic acid groups (broad SMARTS) is 1. The number of carbonyl (C=O) groups excluding carboxylic acids is 5. The molecule has 3 rings (SSSR count). The second-order valence-corrected chi connectivity index (χ2v) is 12.2. The van der Waals surface area contributed by atoms with Crippen LogP contribution in [0.1, 0.15) is 70.7 Å². The predicted molar refractivity (Wildman–Crippen MR) is 148 cm³/mol. The number of carboxylic acids is 1. The minimum absolute atomic E-state index is 0.0323. The monoisotopic (exact) mass is 576 g/mol. The van der Waals surface area contributed by atoms with Gasteiger partial charge in [0.2, 0.25) is 17.7 Å². The number of benzene rings is 1. The van der Waals surface area contributed by atoms with Crippen molar-refractivity contribution in [1.29, 1.82) is 0 Å². The zero-order chi connectivity index (χ0) is 29.9. The third-order valence-electron chi connectivity index (χ3n) is 7.41. The zero-order valence-electron chi connectivity index (χ0n) is 23.3. The summed E-state index contributed by atoms with van der Waals surface area (Å²) in [5.74, 6) is -3.60. The Hall–Kier alpha value is -3.47. The normalized spacial score (nSPS) is 21.5. The van der Waals surface area contributed by atoms with Gasteiger partial charge in [-0.05, 0) is 42.7 Å². The third-order valence-corrected chi connectivity index (χ3v) is 7.82. The Morgan fingerprint density at radius 1 is 1.12 bits per heavy atom. The number of hydrogen-bond donors (Lipinski definition) is 4. The molecular weight excluding hydrogens is 540 g/mol. The maximum atomic E-state index is 14.0. The third kappa shape index (κ3) is 6.80. The number of hydrogen-bond acceptors (Lipinski definition) is 6. The Morgan fingerprint density at radius 2 is 1.80 bits per heavy atom. The highest BCUT2D eigenvalue weighted by Gasteiger charge is 2.53. The van der Waals surface area contributed by atoms with E-state index in [9.17, 15) is 28.8 Å². The summed E-state index contributed by atoms with van der Waals surface area (Å²) in [5.41, 5.74) is -0.420. The van der Waals surface area contributed by atoms with Crippen LogP contribution in [0.15, 0.2) is 18.2 Å². The second kappa shape index (κ2) is 12.4. The van der Waals surface area contributed by atoms with Gasteiger partial charge < -0.3 is 30.8 Å². The molecule has 12 heteroatoms. The number of likely N-dealkylation sites (tertiary alicyclic amines) is 1. The molecule has 4 N–H and O–H groups in total. The van der Waals surface area contributed by atoms with Gasteiger partial charge in [0.05, 0.1) is 28.7 Å². The SMILES string of the molecule is CC(C)C(=O)Nc1cccc(C(=O)N[C@H](C(=O)N2[C@@H]3CC[C@@H](C3)[C@H]2C(=O)NC(C=O)CC(=O)O)C(C)(C)C)c1Cl. The van der Waals surface area contributed by atoms with E-state index < -0.39 is 53.7 Å². The maximum Gasteiger partial charge on any atom is 0.305 e. The van der Waals surface area contributed by atoms with Gasteiger partial charge in [-0.1, -0.05) is 52.3 Å². The molecule has 2 fully saturated rings. The Morgan fingerprint density at radius 3 is 2.38 bits per heavy atom. The van der Waals surface area contributed by atoms with Crippen LogP contribution in [0.5, 0.6) is 0 Å². The topological polar surface area (TPSA) is 162 Å². The molecule has 0 spiro atoms. The van der Waals surface area contributed by atoms with Crippen molar-refractivity contribution in [3.8, 4) is 0 Å². The molecule has 1 saturated heterocycles. The number of aliphatic carboxylic acids is 1.